The summed E-state index contributed by atoms with van der Waals surface area (Å²) in [6.45, 7) is 12.4. The van der Waals surface area contributed by atoms with Crippen molar-refractivity contribution in [3.05, 3.63) is 0 Å². The summed E-state index contributed by atoms with van der Waals surface area (Å²) >= 11 is 0. The van der Waals surface area contributed by atoms with Crippen molar-refractivity contribution in [2.45, 2.75) is 136 Å². The van der Waals surface area contributed by atoms with E-state index in [1.54, 1.807) is 0 Å². The van der Waals surface area contributed by atoms with Crippen LogP contribution in [0.4, 0.5) is 0 Å². The molecular weight excluding hydrogens is 380 g/mol. The highest BCUT2D eigenvalue weighted by Crippen LogP contribution is 2.29. The van der Waals surface area contributed by atoms with Crippen molar-refractivity contribution in [1.82, 2.24) is 0 Å². The highest BCUT2D eigenvalue weighted by atomic mass is 16.7. The van der Waals surface area contributed by atoms with Crippen molar-refractivity contribution in [1.29, 1.82) is 0 Å². The van der Waals surface area contributed by atoms with Gasteiger partial charge in [0.2, 0.25) is 0 Å². The van der Waals surface area contributed by atoms with E-state index in [0.29, 0.717) is 39.3 Å². The quantitative estimate of drug-likeness (QED) is 0.145. The van der Waals surface area contributed by atoms with Crippen LogP contribution in [0.3, 0.4) is 0 Å². The molecule has 0 aromatic carbocycles. The Balaban J connectivity index is 4.53. The minimum atomic E-state index is -0.913. The van der Waals surface area contributed by atoms with Gasteiger partial charge in [-0.25, -0.2) is 0 Å². The molecule has 5 nitrogen and oxygen atoms in total. The fourth-order valence-electron chi connectivity index (χ4n) is 3.92. The van der Waals surface area contributed by atoms with Gasteiger partial charge < -0.3 is 24.1 Å². The second-order valence-electron chi connectivity index (χ2n) is 8.25. The molecule has 1 N–H and O–H groups in total. The van der Waals surface area contributed by atoms with Crippen LogP contribution in [0, 0.1) is 0 Å². The Morgan fingerprint density at radius 3 is 1.20 bits per heavy atom. The molecule has 0 saturated carbocycles. The standard InChI is InChI=1S/C25H52O5/c1-6-11-12-13-14-15-16-17-18-19-20-25(26,21-23(27-7-2)28-8-3)22-24(29-9-4)30-10-5/h23-24,26H,6-22H2,1-5H3. The molecule has 0 bridgehead atoms. The van der Waals surface area contributed by atoms with E-state index in [1.165, 1.54) is 51.4 Å². The lowest BCUT2D eigenvalue weighted by Gasteiger charge is -2.34. The number of aliphatic hydroxyl groups is 1. The molecule has 182 valence electrons. The maximum absolute atomic E-state index is 11.5. The molecule has 0 aromatic rings. The van der Waals surface area contributed by atoms with E-state index in [1.807, 2.05) is 27.7 Å². The highest BCUT2D eigenvalue weighted by molar-refractivity contribution is 4.82. The van der Waals surface area contributed by atoms with Crippen molar-refractivity contribution < 1.29 is 24.1 Å². The van der Waals surface area contributed by atoms with Gasteiger partial charge in [-0.15, -0.1) is 0 Å². The van der Waals surface area contributed by atoms with Crippen molar-refractivity contribution in [2.75, 3.05) is 26.4 Å². The van der Waals surface area contributed by atoms with Crippen LogP contribution in [0.15, 0.2) is 0 Å². The van der Waals surface area contributed by atoms with Crippen molar-refractivity contribution >= 4 is 0 Å². The molecular formula is C25H52O5. The summed E-state index contributed by atoms with van der Waals surface area (Å²) in [4.78, 5) is 0. The van der Waals surface area contributed by atoms with Gasteiger partial charge in [0, 0.05) is 39.3 Å². The molecule has 0 atom stereocenters. The van der Waals surface area contributed by atoms with Gasteiger partial charge in [-0.2, -0.15) is 0 Å². The van der Waals surface area contributed by atoms with E-state index in [9.17, 15) is 5.11 Å². The lowest BCUT2D eigenvalue weighted by Crippen LogP contribution is -2.40. The Morgan fingerprint density at radius 2 is 0.867 bits per heavy atom. The maximum Gasteiger partial charge on any atom is 0.160 e. The smallest absolute Gasteiger partial charge is 0.160 e. The summed E-state index contributed by atoms with van der Waals surface area (Å²) in [6, 6.07) is 0. The Kier molecular flexibility index (Phi) is 20.6. The molecule has 0 saturated heterocycles. The SMILES string of the molecule is CCCCCCCCCCCCC(O)(CC(OCC)OCC)CC(OCC)OCC. The number of rotatable bonds is 23. The predicted molar refractivity (Wildman–Crippen MR) is 125 cm³/mol. The molecule has 0 rings (SSSR count). The lowest BCUT2D eigenvalue weighted by molar-refractivity contribution is -0.202. The normalized spacial score (nSPS) is 12.4. The Morgan fingerprint density at radius 1 is 0.533 bits per heavy atom. The van der Waals surface area contributed by atoms with Gasteiger partial charge in [0.1, 0.15) is 0 Å². The average Bonchev–Trinajstić information content (AvgIpc) is 2.70. The number of unbranched alkanes of at least 4 members (excludes halogenated alkanes) is 9. The molecule has 0 heterocycles. The summed E-state index contributed by atoms with van der Waals surface area (Å²) in [5.41, 5.74) is -0.913. The molecule has 0 aliphatic rings. The van der Waals surface area contributed by atoms with Crippen molar-refractivity contribution in [3.63, 3.8) is 0 Å². The molecule has 5 heteroatoms. The summed E-state index contributed by atoms with van der Waals surface area (Å²) in [5.74, 6) is 0. The molecule has 0 aliphatic heterocycles. The van der Waals surface area contributed by atoms with Crippen LogP contribution < -0.4 is 0 Å². The van der Waals surface area contributed by atoms with E-state index in [0.717, 1.165) is 19.3 Å². The van der Waals surface area contributed by atoms with Gasteiger partial charge in [-0.1, -0.05) is 71.1 Å². The first kappa shape index (κ1) is 29.8. The van der Waals surface area contributed by atoms with Crippen LogP contribution in [0.2, 0.25) is 0 Å². The van der Waals surface area contributed by atoms with Gasteiger partial charge in [-0.3, -0.25) is 0 Å². The van der Waals surface area contributed by atoms with Crippen LogP contribution in [0.1, 0.15) is 118 Å². The average molecular weight is 433 g/mol. The van der Waals surface area contributed by atoms with E-state index >= 15 is 0 Å². The van der Waals surface area contributed by atoms with Crippen LogP contribution >= 0.6 is 0 Å². The van der Waals surface area contributed by atoms with Crippen molar-refractivity contribution in [2.24, 2.45) is 0 Å². The molecule has 0 aromatic heterocycles. The largest absolute Gasteiger partial charge is 0.389 e. The van der Waals surface area contributed by atoms with Gasteiger partial charge >= 0.3 is 0 Å². The predicted octanol–water partition coefficient (Wildman–Crippen LogP) is 6.61. The molecule has 0 fully saturated rings. The summed E-state index contributed by atoms with van der Waals surface area (Å²) in [6.07, 6.45) is 13.6. The summed E-state index contributed by atoms with van der Waals surface area (Å²) in [7, 11) is 0. The maximum atomic E-state index is 11.5. The van der Waals surface area contributed by atoms with E-state index in [4.69, 9.17) is 18.9 Å². The molecule has 0 radical (unpaired) electrons. The minimum Gasteiger partial charge on any atom is -0.389 e. The first-order valence-corrected chi connectivity index (χ1v) is 12.7. The Hall–Kier alpha value is -0.200. The van der Waals surface area contributed by atoms with Crippen molar-refractivity contribution in [3.8, 4) is 0 Å². The zero-order valence-electron chi connectivity index (χ0n) is 20.8. The van der Waals surface area contributed by atoms with E-state index < -0.39 is 18.2 Å². The highest BCUT2D eigenvalue weighted by Gasteiger charge is 2.34. The van der Waals surface area contributed by atoms with Crippen LogP contribution in [0.5, 0.6) is 0 Å². The first-order valence-electron chi connectivity index (χ1n) is 12.7. The van der Waals surface area contributed by atoms with Crippen LogP contribution in [-0.4, -0.2) is 49.7 Å². The monoisotopic (exact) mass is 432 g/mol. The third kappa shape index (κ3) is 16.5. The first-order chi connectivity index (χ1) is 14.5. The van der Waals surface area contributed by atoms with Gasteiger partial charge in [0.25, 0.3) is 0 Å². The van der Waals surface area contributed by atoms with E-state index in [2.05, 4.69) is 6.92 Å². The molecule has 0 aliphatic carbocycles. The lowest BCUT2D eigenvalue weighted by atomic mass is 9.88. The Bertz CT molecular complexity index is 320. The zero-order chi connectivity index (χ0) is 22.5. The second kappa shape index (κ2) is 20.7. The second-order valence-corrected chi connectivity index (χ2v) is 8.25. The third-order valence-electron chi connectivity index (χ3n) is 5.50. The number of ether oxygens (including phenoxy) is 4. The molecule has 0 unspecified atom stereocenters. The summed E-state index contributed by atoms with van der Waals surface area (Å²) < 4.78 is 22.9. The topological polar surface area (TPSA) is 57.2 Å². The van der Waals surface area contributed by atoms with Gasteiger partial charge in [0.05, 0.1) is 5.60 Å². The molecule has 0 spiro atoms. The Labute approximate surface area is 187 Å². The van der Waals surface area contributed by atoms with Crippen LogP contribution in [-0.2, 0) is 18.9 Å². The minimum absolute atomic E-state index is 0.392. The van der Waals surface area contributed by atoms with Gasteiger partial charge in [0.15, 0.2) is 12.6 Å². The number of hydrogen-bond donors (Lipinski definition) is 1. The number of hydrogen-bond acceptors (Lipinski definition) is 5. The van der Waals surface area contributed by atoms with Crippen LogP contribution in [0.25, 0.3) is 0 Å². The zero-order valence-corrected chi connectivity index (χ0v) is 20.8. The van der Waals surface area contributed by atoms with Gasteiger partial charge in [-0.05, 0) is 34.1 Å². The fraction of sp³-hybridized carbons (Fsp3) is 1.00. The third-order valence-corrected chi connectivity index (χ3v) is 5.50. The fourth-order valence-corrected chi connectivity index (χ4v) is 3.92. The summed E-state index contributed by atoms with van der Waals surface area (Å²) in [5, 5.41) is 11.5. The molecule has 30 heavy (non-hydrogen) atoms. The molecule has 0 amide bonds. The van der Waals surface area contributed by atoms with E-state index in [-0.39, 0.29) is 0 Å².